The van der Waals surface area contributed by atoms with Crippen molar-refractivity contribution in [2.45, 2.75) is 39.5 Å². The van der Waals surface area contributed by atoms with Crippen LogP contribution in [0.25, 0.3) is 28.0 Å². The molecule has 0 spiro atoms. The molecule has 0 fully saturated rings. The van der Waals surface area contributed by atoms with E-state index in [1.54, 1.807) is 0 Å². The first-order valence-corrected chi connectivity index (χ1v) is 11.9. The highest BCUT2D eigenvalue weighted by molar-refractivity contribution is 5.92. The van der Waals surface area contributed by atoms with Crippen LogP contribution in [0.2, 0.25) is 0 Å². The van der Waals surface area contributed by atoms with Gasteiger partial charge in [0.15, 0.2) is 0 Å². The van der Waals surface area contributed by atoms with Gasteiger partial charge in [-0.25, -0.2) is 14.5 Å². The van der Waals surface area contributed by atoms with E-state index >= 15 is 0 Å². The van der Waals surface area contributed by atoms with Gasteiger partial charge in [0.1, 0.15) is 11.5 Å². The van der Waals surface area contributed by atoms with Crippen LogP contribution in [-0.2, 0) is 0 Å². The second-order valence-corrected chi connectivity index (χ2v) is 8.09. The average Bonchev–Trinajstić information content (AvgIpc) is 3.25. The van der Waals surface area contributed by atoms with Gasteiger partial charge in [-0.05, 0) is 43.2 Å². The molecule has 3 aromatic heterocycles. The van der Waals surface area contributed by atoms with Crippen molar-refractivity contribution in [3.8, 4) is 22.5 Å². The number of fused-ring (bicyclic) bond motifs is 1. The summed E-state index contributed by atoms with van der Waals surface area (Å²) in [5, 5.41) is 15.1. The molecule has 1 aromatic carbocycles. The molecular formula is C26H33N7. The Morgan fingerprint density at radius 1 is 0.879 bits per heavy atom. The highest BCUT2D eigenvalue weighted by Gasteiger charge is 2.19. The van der Waals surface area contributed by atoms with E-state index < -0.39 is 0 Å². The van der Waals surface area contributed by atoms with Crippen LogP contribution < -0.4 is 16.0 Å². The fourth-order valence-electron chi connectivity index (χ4n) is 3.81. The van der Waals surface area contributed by atoms with Gasteiger partial charge in [0.2, 0.25) is 5.95 Å². The minimum Gasteiger partial charge on any atom is -0.388 e. The summed E-state index contributed by atoms with van der Waals surface area (Å²) >= 11 is 0. The van der Waals surface area contributed by atoms with Crippen molar-refractivity contribution < 1.29 is 0 Å². The fraction of sp³-hybridized carbons (Fsp3) is 0.346. The third-order valence-corrected chi connectivity index (χ3v) is 5.67. The highest BCUT2D eigenvalue weighted by atomic mass is 15.3. The number of hydrogen-bond donors (Lipinski definition) is 3. The Hall–Kier alpha value is -3.61. The molecule has 7 nitrogen and oxygen atoms in total. The summed E-state index contributed by atoms with van der Waals surface area (Å²) in [6, 6.07) is 16.6. The van der Waals surface area contributed by atoms with E-state index in [1.807, 2.05) is 23.8 Å². The molecule has 0 saturated heterocycles. The standard InChI is InChI=1S/C26H33N7/c1-4-6-16-28-23-10-8-9-22-24(21-15-18-30-26(31-21)29-17-7-5-2)25(32-33(22)23)19-11-13-20(27-3)14-12-19/h8-15,18,27-28H,4-7,16-17H2,1-3H3,(H,29,30,31). The van der Waals surface area contributed by atoms with E-state index in [-0.39, 0.29) is 0 Å². The molecule has 0 unspecified atom stereocenters. The van der Waals surface area contributed by atoms with Crippen LogP contribution in [0.15, 0.2) is 54.7 Å². The molecule has 0 aliphatic heterocycles. The minimum absolute atomic E-state index is 0.647. The summed E-state index contributed by atoms with van der Waals surface area (Å²) in [5.41, 5.74) is 5.90. The smallest absolute Gasteiger partial charge is 0.223 e. The topological polar surface area (TPSA) is 79.2 Å². The maximum absolute atomic E-state index is 5.05. The number of anilines is 3. The number of aromatic nitrogens is 4. The molecule has 7 heteroatoms. The maximum atomic E-state index is 5.05. The largest absolute Gasteiger partial charge is 0.388 e. The molecule has 0 saturated carbocycles. The van der Waals surface area contributed by atoms with Gasteiger partial charge < -0.3 is 16.0 Å². The van der Waals surface area contributed by atoms with Crippen molar-refractivity contribution in [1.82, 2.24) is 19.6 Å². The molecule has 4 rings (SSSR count). The van der Waals surface area contributed by atoms with Crippen molar-refractivity contribution in [1.29, 1.82) is 0 Å². The van der Waals surface area contributed by atoms with Crippen molar-refractivity contribution in [2.24, 2.45) is 0 Å². The van der Waals surface area contributed by atoms with Crippen LogP contribution in [0.1, 0.15) is 39.5 Å². The summed E-state index contributed by atoms with van der Waals surface area (Å²) < 4.78 is 2.00. The van der Waals surface area contributed by atoms with Gasteiger partial charge in [-0.15, -0.1) is 0 Å². The first-order chi connectivity index (χ1) is 16.2. The zero-order chi connectivity index (χ0) is 23.0. The zero-order valence-electron chi connectivity index (χ0n) is 19.7. The first-order valence-electron chi connectivity index (χ1n) is 11.9. The van der Waals surface area contributed by atoms with E-state index in [1.165, 1.54) is 0 Å². The Bertz CT molecular complexity index is 1180. The van der Waals surface area contributed by atoms with Gasteiger partial charge in [-0.1, -0.05) is 44.9 Å². The number of pyridine rings is 1. The number of hydrogen-bond acceptors (Lipinski definition) is 6. The van der Waals surface area contributed by atoms with E-state index in [2.05, 4.69) is 77.2 Å². The number of rotatable bonds is 11. The van der Waals surface area contributed by atoms with Crippen LogP contribution in [0, 0.1) is 0 Å². The van der Waals surface area contributed by atoms with Crippen LogP contribution in [0.3, 0.4) is 0 Å². The predicted molar refractivity (Wildman–Crippen MR) is 138 cm³/mol. The molecule has 3 N–H and O–H groups in total. The van der Waals surface area contributed by atoms with Crippen molar-refractivity contribution >= 4 is 23.0 Å². The Morgan fingerprint density at radius 3 is 2.36 bits per heavy atom. The van der Waals surface area contributed by atoms with Gasteiger partial charge in [0.05, 0.1) is 16.8 Å². The average molecular weight is 444 g/mol. The molecular weight excluding hydrogens is 410 g/mol. The highest BCUT2D eigenvalue weighted by Crippen LogP contribution is 2.36. The normalized spacial score (nSPS) is 11.0. The van der Waals surface area contributed by atoms with Gasteiger partial charge in [-0.3, -0.25) is 0 Å². The number of unbranched alkanes of at least 4 members (excludes halogenated alkanes) is 2. The lowest BCUT2D eigenvalue weighted by atomic mass is 10.0. The van der Waals surface area contributed by atoms with E-state index in [0.717, 1.165) is 78.3 Å². The van der Waals surface area contributed by atoms with Crippen LogP contribution in [0.4, 0.5) is 17.5 Å². The summed E-state index contributed by atoms with van der Waals surface area (Å²) in [6.45, 7) is 6.15. The Kier molecular flexibility index (Phi) is 7.40. The molecule has 0 amide bonds. The molecule has 0 aliphatic carbocycles. The lowest BCUT2D eigenvalue weighted by Gasteiger charge is -2.09. The lowest BCUT2D eigenvalue weighted by molar-refractivity contribution is 0.822. The van der Waals surface area contributed by atoms with Gasteiger partial charge in [0, 0.05) is 37.6 Å². The molecule has 0 aliphatic rings. The van der Waals surface area contributed by atoms with Crippen LogP contribution in [0.5, 0.6) is 0 Å². The minimum atomic E-state index is 0.647. The molecule has 33 heavy (non-hydrogen) atoms. The molecule has 0 bridgehead atoms. The molecule has 0 radical (unpaired) electrons. The van der Waals surface area contributed by atoms with E-state index in [9.17, 15) is 0 Å². The van der Waals surface area contributed by atoms with Crippen molar-refractivity contribution in [2.75, 3.05) is 36.1 Å². The summed E-state index contributed by atoms with van der Waals surface area (Å²) in [5.74, 6) is 1.63. The Balaban J connectivity index is 1.83. The third kappa shape index (κ3) is 5.08. The molecule has 0 atom stereocenters. The second kappa shape index (κ2) is 10.8. The molecule has 3 heterocycles. The van der Waals surface area contributed by atoms with E-state index in [4.69, 9.17) is 10.1 Å². The quantitative estimate of drug-likeness (QED) is 0.250. The summed E-state index contributed by atoms with van der Waals surface area (Å²) in [4.78, 5) is 9.28. The summed E-state index contributed by atoms with van der Waals surface area (Å²) in [6.07, 6.45) is 6.28. The number of benzene rings is 1. The third-order valence-electron chi connectivity index (χ3n) is 5.67. The second-order valence-electron chi connectivity index (χ2n) is 8.09. The Labute approximate surface area is 195 Å². The SMILES string of the molecule is CCCCNc1nccc(-c2c(-c3ccc(NC)cc3)nn3c(NCCCC)cccc23)n1. The Morgan fingerprint density at radius 2 is 1.64 bits per heavy atom. The van der Waals surface area contributed by atoms with Gasteiger partial charge in [-0.2, -0.15) is 5.10 Å². The van der Waals surface area contributed by atoms with Crippen LogP contribution in [-0.4, -0.2) is 39.7 Å². The van der Waals surface area contributed by atoms with Gasteiger partial charge >= 0.3 is 0 Å². The predicted octanol–water partition coefficient (Wildman–Crippen LogP) is 5.92. The molecule has 172 valence electrons. The van der Waals surface area contributed by atoms with Crippen molar-refractivity contribution in [3.63, 3.8) is 0 Å². The number of nitrogens with zero attached hydrogens (tertiary/aromatic N) is 4. The summed E-state index contributed by atoms with van der Waals surface area (Å²) in [7, 11) is 1.92. The molecule has 4 aromatic rings. The number of nitrogens with one attached hydrogen (secondary N) is 3. The lowest BCUT2D eigenvalue weighted by Crippen LogP contribution is -2.06. The monoisotopic (exact) mass is 443 g/mol. The fourth-order valence-corrected chi connectivity index (χ4v) is 3.81. The van der Waals surface area contributed by atoms with Crippen LogP contribution >= 0.6 is 0 Å². The van der Waals surface area contributed by atoms with Crippen molar-refractivity contribution in [3.05, 3.63) is 54.7 Å². The zero-order valence-corrected chi connectivity index (χ0v) is 19.7. The maximum Gasteiger partial charge on any atom is 0.223 e. The van der Waals surface area contributed by atoms with Gasteiger partial charge in [0.25, 0.3) is 0 Å². The van der Waals surface area contributed by atoms with E-state index in [0.29, 0.717) is 5.95 Å². The first kappa shape index (κ1) is 22.6.